The zero-order valence-electron chi connectivity index (χ0n) is 13.6. The second-order valence-corrected chi connectivity index (χ2v) is 6.64. The van der Waals surface area contributed by atoms with Gasteiger partial charge in [-0.05, 0) is 56.6 Å². The van der Waals surface area contributed by atoms with E-state index in [0.717, 1.165) is 17.6 Å². The fraction of sp³-hybridized carbons (Fsp3) is 0.667. The zero-order valence-corrected chi connectivity index (χ0v) is 13.6. The van der Waals surface area contributed by atoms with Crippen LogP contribution in [0.25, 0.3) is 0 Å². The number of ether oxygens (including phenoxy) is 1. The van der Waals surface area contributed by atoms with Gasteiger partial charge >= 0.3 is 0 Å². The zero-order chi connectivity index (χ0) is 14.7. The molecule has 112 valence electrons. The van der Waals surface area contributed by atoms with Gasteiger partial charge in [0.05, 0.1) is 7.11 Å². The van der Waals surface area contributed by atoms with Crippen LogP contribution in [0.4, 0.5) is 0 Å². The molecular formula is C18H29NO. The summed E-state index contributed by atoms with van der Waals surface area (Å²) in [4.78, 5) is 0. The molecule has 0 amide bonds. The molecule has 1 aromatic carbocycles. The predicted octanol–water partition coefficient (Wildman–Crippen LogP) is 4.48. The first-order valence-electron chi connectivity index (χ1n) is 7.91. The molecular weight excluding hydrogens is 246 g/mol. The third-order valence-corrected chi connectivity index (χ3v) is 4.75. The van der Waals surface area contributed by atoms with E-state index in [-0.39, 0.29) is 0 Å². The fourth-order valence-corrected chi connectivity index (χ4v) is 3.50. The first-order valence-corrected chi connectivity index (χ1v) is 7.91. The van der Waals surface area contributed by atoms with Gasteiger partial charge in [0.1, 0.15) is 5.75 Å². The Morgan fingerprint density at radius 3 is 2.65 bits per heavy atom. The number of nitrogens with one attached hydrogen (secondary N) is 1. The summed E-state index contributed by atoms with van der Waals surface area (Å²) in [5, 5.41) is 3.82. The molecule has 4 atom stereocenters. The monoisotopic (exact) mass is 275 g/mol. The van der Waals surface area contributed by atoms with E-state index in [0.29, 0.717) is 12.1 Å². The molecule has 0 radical (unpaired) electrons. The molecule has 2 heteroatoms. The van der Waals surface area contributed by atoms with Crippen molar-refractivity contribution in [2.45, 2.75) is 59.0 Å². The van der Waals surface area contributed by atoms with Gasteiger partial charge in [-0.15, -0.1) is 0 Å². The van der Waals surface area contributed by atoms with Crippen molar-refractivity contribution in [1.29, 1.82) is 0 Å². The number of rotatable bonds is 4. The molecule has 1 aliphatic carbocycles. The summed E-state index contributed by atoms with van der Waals surface area (Å²) in [6.07, 6.45) is 3.98. The van der Waals surface area contributed by atoms with Crippen LogP contribution in [0.1, 0.15) is 57.2 Å². The molecule has 1 saturated carbocycles. The topological polar surface area (TPSA) is 21.3 Å². The highest BCUT2D eigenvalue weighted by Crippen LogP contribution is 2.32. The quantitative estimate of drug-likeness (QED) is 0.875. The van der Waals surface area contributed by atoms with Crippen LogP contribution < -0.4 is 10.1 Å². The van der Waals surface area contributed by atoms with E-state index in [1.54, 1.807) is 7.11 Å². The lowest BCUT2D eigenvalue weighted by Gasteiger charge is -2.35. The van der Waals surface area contributed by atoms with Crippen molar-refractivity contribution >= 4 is 0 Å². The first kappa shape index (κ1) is 15.4. The Morgan fingerprint density at radius 2 is 2.00 bits per heavy atom. The van der Waals surface area contributed by atoms with Crippen molar-refractivity contribution in [2.75, 3.05) is 7.11 Å². The molecule has 0 aromatic heterocycles. The normalized spacial score (nSPS) is 28.1. The summed E-state index contributed by atoms with van der Waals surface area (Å²) in [5.41, 5.74) is 2.52. The van der Waals surface area contributed by atoms with Crippen molar-refractivity contribution in [2.24, 2.45) is 11.8 Å². The molecule has 0 heterocycles. The van der Waals surface area contributed by atoms with Crippen LogP contribution in [-0.4, -0.2) is 13.2 Å². The van der Waals surface area contributed by atoms with Gasteiger partial charge in [0.15, 0.2) is 0 Å². The third kappa shape index (κ3) is 3.54. The Labute approximate surface area is 123 Å². The van der Waals surface area contributed by atoms with Gasteiger partial charge in [0.2, 0.25) is 0 Å². The highest BCUT2D eigenvalue weighted by Gasteiger charge is 2.27. The lowest BCUT2D eigenvalue weighted by atomic mass is 9.79. The minimum absolute atomic E-state index is 0.339. The first-order chi connectivity index (χ1) is 9.51. The summed E-state index contributed by atoms with van der Waals surface area (Å²) in [6, 6.07) is 7.46. The number of benzene rings is 1. The van der Waals surface area contributed by atoms with Gasteiger partial charge in [-0.2, -0.15) is 0 Å². The fourth-order valence-electron chi connectivity index (χ4n) is 3.50. The lowest BCUT2D eigenvalue weighted by Crippen LogP contribution is -2.40. The van der Waals surface area contributed by atoms with Crippen LogP contribution >= 0.6 is 0 Å². The lowest BCUT2D eigenvalue weighted by molar-refractivity contribution is 0.215. The molecule has 1 aromatic rings. The molecule has 0 spiro atoms. The van der Waals surface area contributed by atoms with Crippen LogP contribution in [0.2, 0.25) is 0 Å². The largest absolute Gasteiger partial charge is 0.496 e. The second kappa shape index (κ2) is 6.62. The smallest absolute Gasteiger partial charge is 0.123 e. The van der Waals surface area contributed by atoms with Gasteiger partial charge in [-0.1, -0.05) is 26.0 Å². The number of hydrogen-bond acceptors (Lipinski definition) is 2. The maximum Gasteiger partial charge on any atom is 0.123 e. The summed E-state index contributed by atoms with van der Waals surface area (Å²) < 4.78 is 5.54. The molecule has 1 aliphatic rings. The van der Waals surface area contributed by atoms with Crippen molar-refractivity contribution in [3.05, 3.63) is 29.3 Å². The molecule has 1 fully saturated rings. The Balaban J connectivity index is 2.06. The summed E-state index contributed by atoms with van der Waals surface area (Å²) in [7, 11) is 1.76. The van der Waals surface area contributed by atoms with Gasteiger partial charge in [-0.25, -0.2) is 0 Å². The van der Waals surface area contributed by atoms with E-state index >= 15 is 0 Å². The maximum absolute atomic E-state index is 5.54. The van der Waals surface area contributed by atoms with Crippen LogP contribution in [-0.2, 0) is 0 Å². The Hall–Kier alpha value is -1.02. The van der Waals surface area contributed by atoms with Crippen LogP contribution in [0, 0.1) is 18.8 Å². The van der Waals surface area contributed by atoms with Crippen LogP contribution in [0.15, 0.2) is 18.2 Å². The Bertz CT molecular complexity index is 443. The second-order valence-electron chi connectivity index (χ2n) is 6.64. The van der Waals surface area contributed by atoms with E-state index in [9.17, 15) is 0 Å². The van der Waals surface area contributed by atoms with Crippen LogP contribution in [0.5, 0.6) is 5.75 Å². The maximum atomic E-state index is 5.54. The van der Waals surface area contributed by atoms with E-state index in [1.807, 2.05) is 0 Å². The molecule has 0 aliphatic heterocycles. The summed E-state index contributed by atoms with van der Waals surface area (Å²) >= 11 is 0. The van der Waals surface area contributed by atoms with Crippen molar-refractivity contribution in [3.8, 4) is 5.75 Å². The minimum Gasteiger partial charge on any atom is -0.496 e. The molecule has 2 rings (SSSR count). The van der Waals surface area contributed by atoms with E-state index in [2.05, 4.69) is 51.2 Å². The van der Waals surface area contributed by atoms with Gasteiger partial charge in [-0.3, -0.25) is 0 Å². The van der Waals surface area contributed by atoms with Gasteiger partial charge < -0.3 is 10.1 Å². The van der Waals surface area contributed by atoms with Crippen LogP contribution in [0.3, 0.4) is 0 Å². The standard InChI is InChI=1S/C18H29NO/c1-12-7-9-17(14(3)10-12)19-15(4)16-8-6-13(2)11-18(16)20-5/h6,8,11-12,14-15,17,19H,7,9-10H2,1-5H3. The average molecular weight is 275 g/mol. The van der Waals surface area contributed by atoms with E-state index in [1.165, 1.54) is 30.4 Å². The third-order valence-electron chi connectivity index (χ3n) is 4.75. The molecule has 4 unspecified atom stereocenters. The minimum atomic E-state index is 0.339. The molecule has 1 N–H and O–H groups in total. The van der Waals surface area contributed by atoms with Crippen molar-refractivity contribution in [3.63, 3.8) is 0 Å². The highest BCUT2D eigenvalue weighted by molar-refractivity contribution is 5.39. The van der Waals surface area contributed by atoms with Crippen molar-refractivity contribution in [1.82, 2.24) is 5.32 Å². The Morgan fingerprint density at radius 1 is 1.25 bits per heavy atom. The molecule has 0 bridgehead atoms. The number of aryl methyl sites for hydroxylation is 1. The Kier molecular flexibility index (Phi) is 5.09. The van der Waals surface area contributed by atoms with E-state index in [4.69, 9.17) is 4.74 Å². The predicted molar refractivity (Wildman–Crippen MR) is 85.2 cm³/mol. The summed E-state index contributed by atoms with van der Waals surface area (Å²) in [6.45, 7) is 9.11. The van der Waals surface area contributed by atoms with E-state index < -0.39 is 0 Å². The number of hydrogen-bond donors (Lipinski definition) is 1. The molecule has 2 nitrogen and oxygen atoms in total. The molecule has 20 heavy (non-hydrogen) atoms. The average Bonchev–Trinajstić information content (AvgIpc) is 2.41. The van der Waals surface area contributed by atoms with Gasteiger partial charge in [0.25, 0.3) is 0 Å². The van der Waals surface area contributed by atoms with Crippen molar-refractivity contribution < 1.29 is 4.74 Å². The highest BCUT2D eigenvalue weighted by atomic mass is 16.5. The molecule has 0 saturated heterocycles. The summed E-state index contributed by atoms with van der Waals surface area (Å²) in [5.74, 6) is 2.65. The number of methoxy groups -OCH3 is 1. The SMILES string of the molecule is COc1cc(C)ccc1C(C)NC1CCC(C)CC1C. The van der Waals surface area contributed by atoms with Gasteiger partial charge in [0, 0.05) is 17.6 Å².